The zero-order valence-corrected chi connectivity index (χ0v) is 11.7. The minimum absolute atomic E-state index is 0.000856. The molecule has 1 saturated carbocycles. The van der Waals surface area contributed by atoms with Crippen LogP contribution >= 0.6 is 0 Å². The SMILES string of the molecule is CC(N)CCCC1(C(=O)OC(C)(C)C)CCC1. The fourth-order valence-corrected chi connectivity index (χ4v) is 2.31. The van der Waals surface area contributed by atoms with E-state index in [1.165, 1.54) is 0 Å². The van der Waals surface area contributed by atoms with Gasteiger partial charge in [0.05, 0.1) is 5.41 Å². The predicted molar refractivity (Wildman–Crippen MR) is 69.6 cm³/mol. The van der Waals surface area contributed by atoms with Gasteiger partial charge in [-0.3, -0.25) is 4.79 Å². The number of carbonyl (C=O) groups excluding carboxylic acids is 1. The summed E-state index contributed by atoms with van der Waals surface area (Å²) in [6, 6.07) is 0.228. The van der Waals surface area contributed by atoms with E-state index >= 15 is 0 Å². The van der Waals surface area contributed by atoms with Crippen molar-refractivity contribution in [1.82, 2.24) is 0 Å². The molecular formula is C14H27NO2. The van der Waals surface area contributed by atoms with Crippen LogP contribution in [0.4, 0.5) is 0 Å². The third-order valence-electron chi connectivity index (χ3n) is 3.46. The van der Waals surface area contributed by atoms with E-state index < -0.39 is 0 Å². The summed E-state index contributed by atoms with van der Waals surface area (Å²) in [6.07, 6.45) is 6.07. The minimum atomic E-state index is -0.374. The Morgan fingerprint density at radius 1 is 1.41 bits per heavy atom. The summed E-state index contributed by atoms with van der Waals surface area (Å²) in [6.45, 7) is 7.80. The van der Waals surface area contributed by atoms with Crippen LogP contribution in [0.5, 0.6) is 0 Å². The number of carbonyl (C=O) groups is 1. The van der Waals surface area contributed by atoms with Crippen LogP contribution in [-0.4, -0.2) is 17.6 Å². The molecule has 0 heterocycles. The molecule has 1 atom stereocenters. The van der Waals surface area contributed by atoms with Gasteiger partial charge in [0.25, 0.3) is 0 Å². The fourth-order valence-electron chi connectivity index (χ4n) is 2.31. The van der Waals surface area contributed by atoms with Crippen molar-refractivity contribution < 1.29 is 9.53 Å². The average molecular weight is 241 g/mol. The highest BCUT2D eigenvalue weighted by atomic mass is 16.6. The van der Waals surface area contributed by atoms with Crippen molar-refractivity contribution in [1.29, 1.82) is 0 Å². The predicted octanol–water partition coefficient (Wildman–Crippen LogP) is 3.02. The van der Waals surface area contributed by atoms with Crippen molar-refractivity contribution in [2.45, 2.75) is 77.9 Å². The van der Waals surface area contributed by atoms with Crippen molar-refractivity contribution in [3.8, 4) is 0 Å². The summed E-state index contributed by atoms with van der Waals surface area (Å²) >= 11 is 0. The fraction of sp³-hybridized carbons (Fsp3) is 0.929. The maximum atomic E-state index is 12.2. The van der Waals surface area contributed by atoms with Gasteiger partial charge in [0.1, 0.15) is 5.60 Å². The lowest BCUT2D eigenvalue weighted by Gasteiger charge is -2.41. The molecule has 0 bridgehead atoms. The molecule has 3 nitrogen and oxygen atoms in total. The number of hydrogen-bond acceptors (Lipinski definition) is 3. The molecule has 1 aliphatic rings. The molecule has 1 rings (SSSR count). The Morgan fingerprint density at radius 2 is 2.00 bits per heavy atom. The van der Waals surface area contributed by atoms with E-state index in [0.29, 0.717) is 0 Å². The van der Waals surface area contributed by atoms with Crippen molar-refractivity contribution in [2.75, 3.05) is 0 Å². The Bertz CT molecular complexity index is 262. The lowest BCUT2D eigenvalue weighted by molar-refractivity contribution is -0.174. The van der Waals surface area contributed by atoms with Crippen LogP contribution in [0.2, 0.25) is 0 Å². The highest BCUT2D eigenvalue weighted by Crippen LogP contribution is 2.46. The van der Waals surface area contributed by atoms with Crippen molar-refractivity contribution in [3.63, 3.8) is 0 Å². The van der Waals surface area contributed by atoms with Gasteiger partial charge in [-0.05, 0) is 53.4 Å². The highest BCUT2D eigenvalue weighted by molar-refractivity contribution is 5.78. The number of ether oxygens (including phenoxy) is 1. The molecule has 100 valence electrons. The van der Waals surface area contributed by atoms with E-state index in [4.69, 9.17) is 10.5 Å². The van der Waals surface area contributed by atoms with Crippen LogP contribution in [0.25, 0.3) is 0 Å². The summed E-state index contributed by atoms with van der Waals surface area (Å²) < 4.78 is 5.53. The first-order chi connectivity index (χ1) is 7.75. The van der Waals surface area contributed by atoms with E-state index in [9.17, 15) is 4.79 Å². The zero-order chi connectivity index (χ0) is 13.1. The molecule has 1 unspecified atom stereocenters. The van der Waals surface area contributed by atoms with Crippen LogP contribution in [0.1, 0.15) is 66.2 Å². The molecule has 0 aromatic heterocycles. The first kappa shape index (κ1) is 14.5. The molecule has 0 saturated heterocycles. The van der Waals surface area contributed by atoms with E-state index in [1.807, 2.05) is 27.7 Å². The van der Waals surface area contributed by atoms with Gasteiger partial charge in [-0.15, -0.1) is 0 Å². The second-order valence-electron chi connectivity index (χ2n) is 6.51. The Hall–Kier alpha value is -0.570. The standard InChI is InChI=1S/C14H27NO2/c1-11(15)7-5-8-14(9-6-10-14)12(16)17-13(2,3)4/h11H,5-10,15H2,1-4H3. The largest absolute Gasteiger partial charge is 0.460 e. The second-order valence-corrected chi connectivity index (χ2v) is 6.51. The maximum absolute atomic E-state index is 12.2. The van der Waals surface area contributed by atoms with E-state index in [-0.39, 0.29) is 23.0 Å². The lowest BCUT2D eigenvalue weighted by Crippen LogP contribution is -2.42. The van der Waals surface area contributed by atoms with Crippen LogP contribution in [-0.2, 0) is 9.53 Å². The number of nitrogens with two attached hydrogens (primary N) is 1. The molecule has 0 radical (unpaired) electrons. The number of rotatable bonds is 5. The van der Waals surface area contributed by atoms with Crippen LogP contribution < -0.4 is 5.73 Å². The van der Waals surface area contributed by atoms with Gasteiger partial charge in [0.2, 0.25) is 0 Å². The van der Waals surface area contributed by atoms with Crippen molar-refractivity contribution in [3.05, 3.63) is 0 Å². The van der Waals surface area contributed by atoms with Crippen LogP contribution in [0, 0.1) is 5.41 Å². The smallest absolute Gasteiger partial charge is 0.312 e. The van der Waals surface area contributed by atoms with E-state index in [2.05, 4.69) is 0 Å². The normalized spacial score (nSPS) is 20.5. The van der Waals surface area contributed by atoms with Gasteiger partial charge in [-0.25, -0.2) is 0 Å². The topological polar surface area (TPSA) is 52.3 Å². The first-order valence-corrected chi connectivity index (χ1v) is 6.74. The molecule has 17 heavy (non-hydrogen) atoms. The molecule has 2 N–H and O–H groups in total. The Morgan fingerprint density at radius 3 is 2.35 bits per heavy atom. The summed E-state index contributed by atoms with van der Waals surface area (Å²) in [5.74, 6) is 0.000856. The minimum Gasteiger partial charge on any atom is -0.460 e. The molecular weight excluding hydrogens is 214 g/mol. The van der Waals surface area contributed by atoms with Crippen LogP contribution in [0.3, 0.4) is 0 Å². The lowest BCUT2D eigenvalue weighted by atomic mass is 9.65. The van der Waals surface area contributed by atoms with Crippen LogP contribution in [0.15, 0.2) is 0 Å². The Kier molecular flexibility index (Phi) is 4.59. The molecule has 0 aliphatic heterocycles. The molecule has 1 fully saturated rings. The number of hydrogen-bond donors (Lipinski definition) is 1. The Balaban J connectivity index is 2.48. The zero-order valence-electron chi connectivity index (χ0n) is 11.7. The van der Waals surface area contributed by atoms with Gasteiger partial charge < -0.3 is 10.5 Å². The van der Waals surface area contributed by atoms with Crippen molar-refractivity contribution >= 4 is 5.97 Å². The maximum Gasteiger partial charge on any atom is 0.312 e. The molecule has 1 aliphatic carbocycles. The third-order valence-corrected chi connectivity index (χ3v) is 3.46. The molecule has 0 spiro atoms. The van der Waals surface area contributed by atoms with Gasteiger partial charge in [-0.1, -0.05) is 12.8 Å². The summed E-state index contributed by atoms with van der Waals surface area (Å²) in [5.41, 5.74) is 5.18. The van der Waals surface area contributed by atoms with Gasteiger partial charge in [-0.2, -0.15) is 0 Å². The quantitative estimate of drug-likeness (QED) is 0.753. The summed E-state index contributed by atoms with van der Waals surface area (Å²) in [7, 11) is 0. The highest BCUT2D eigenvalue weighted by Gasteiger charge is 2.45. The molecule has 3 heteroatoms. The summed E-state index contributed by atoms with van der Waals surface area (Å²) in [4.78, 5) is 12.2. The molecule has 0 aromatic rings. The average Bonchev–Trinajstić information content (AvgIpc) is 2.05. The van der Waals surface area contributed by atoms with Gasteiger partial charge >= 0.3 is 5.97 Å². The van der Waals surface area contributed by atoms with Gasteiger partial charge in [0, 0.05) is 6.04 Å². The van der Waals surface area contributed by atoms with Gasteiger partial charge in [0.15, 0.2) is 0 Å². The molecule has 0 amide bonds. The monoisotopic (exact) mass is 241 g/mol. The first-order valence-electron chi connectivity index (χ1n) is 6.74. The Labute approximate surface area is 105 Å². The number of esters is 1. The third kappa shape index (κ3) is 4.30. The molecule has 0 aromatic carbocycles. The van der Waals surface area contributed by atoms with Crippen molar-refractivity contribution in [2.24, 2.45) is 11.1 Å². The van der Waals surface area contributed by atoms with E-state index in [1.54, 1.807) is 0 Å². The van der Waals surface area contributed by atoms with E-state index in [0.717, 1.165) is 38.5 Å². The summed E-state index contributed by atoms with van der Waals surface area (Å²) in [5, 5.41) is 0. The second kappa shape index (κ2) is 5.38.